The molecule has 29 heavy (non-hydrogen) atoms. The first kappa shape index (κ1) is 17.5. The van der Waals surface area contributed by atoms with E-state index in [9.17, 15) is 10.2 Å². The molecule has 4 atom stereocenters. The van der Waals surface area contributed by atoms with Crippen molar-refractivity contribution in [1.82, 2.24) is 0 Å². The molecule has 3 bridgehead atoms. The molecule has 1 aliphatic heterocycles. The minimum absolute atomic E-state index is 0.134. The van der Waals surface area contributed by atoms with Crippen LogP contribution < -0.4 is 0 Å². The van der Waals surface area contributed by atoms with Crippen LogP contribution in [0.5, 0.6) is 5.75 Å². The van der Waals surface area contributed by atoms with Gasteiger partial charge < -0.3 is 14.9 Å². The van der Waals surface area contributed by atoms with Gasteiger partial charge in [0.15, 0.2) is 0 Å². The fraction of sp³-hybridized carbons (Fsp3) is 0.750. The van der Waals surface area contributed by atoms with E-state index in [1.54, 1.807) is 6.07 Å². The maximum Gasteiger partial charge on any atom is 0.210 e. The van der Waals surface area contributed by atoms with Crippen molar-refractivity contribution in [2.75, 3.05) is 0 Å². The third kappa shape index (κ3) is 2.10. The van der Waals surface area contributed by atoms with Gasteiger partial charge in [-0.25, -0.2) is 0 Å². The van der Waals surface area contributed by atoms with Crippen LogP contribution in [0.2, 0.25) is 0 Å². The zero-order valence-electron chi connectivity index (χ0n) is 16.8. The molecule has 5 nitrogen and oxygen atoms in total. The van der Waals surface area contributed by atoms with Gasteiger partial charge in [0.05, 0.1) is 6.61 Å². The first-order chi connectivity index (χ1) is 14.1. The summed E-state index contributed by atoms with van der Waals surface area (Å²) in [4.78, 5) is 12.3. The molecule has 1 aromatic carbocycles. The number of hydrogen-bond donors (Lipinski definition) is 2. The number of fused-ring (bicyclic) bond motifs is 4. The van der Waals surface area contributed by atoms with Gasteiger partial charge in [-0.05, 0) is 85.8 Å². The molecule has 0 aromatic heterocycles. The van der Waals surface area contributed by atoms with E-state index < -0.39 is 11.6 Å². The number of aliphatic hydroxyl groups excluding tert-OH is 1. The van der Waals surface area contributed by atoms with Crippen LogP contribution in [0.25, 0.3) is 0 Å². The highest BCUT2D eigenvalue weighted by Gasteiger charge is 2.77. The molecule has 3 spiro atoms. The van der Waals surface area contributed by atoms with E-state index >= 15 is 0 Å². The van der Waals surface area contributed by atoms with Crippen molar-refractivity contribution in [2.45, 2.75) is 81.9 Å². The van der Waals surface area contributed by atoms with Gasteiger partial charge in [-0.2, -0.15) is 9.78 Å². The molecule has 0 radical (unpaired) electrons. The van der Waals surface area contributed by atoms with E-state index in [-0.39, 0.29) is 12.4 Å². The largest absolute Gasteiger partial charge is 0.508 e. The summed E-state index contributed by atoms with van der Waals surface area (Å²) in [5, 5.41) is 19.3. The van der Waals surface area contributed by atoms with Crippen LogP contribution >= 0.6 is 0 Å². The Labute approximate surface area is 171 Å². The minimum Gasteiger partial charge on any atom is -0.508 e. The van der Waals surface area contributed by atoms with Crippen molar-refractivity contribution in [3.05, 3.63) is 29.3 Å². The van der Waals surface area contributed by atoms with Gasteiger partial charge in [0.25, 0.3) is 0 Å². The third-order valence-corrected chi connectivity index (χ3v) is 9.89. The maximum absolute atomic E-state index is 9.85. The van der Waals surface area contributed by atoms with Crippen LogP contribution in [-0.4, -0.2) is 21.8 Å². The van der Waals surface area contributed by atoms with E-state index in [0.717, 1.165) is 37.5 Å². The maximum atomic E-state index is 9.85. The van der Waals surface area contributed by atoms with Crippen molar-refractivity contribution < 1.29 is 24.7 Å². The molecule has 6 fully saturated rings. The molecule has 1 heterocycles. The summed E-state index contributed by atoms with van der Waals surface area (Å²) >= 11 is 0. The Kier molecular flexibility index (Phi) is 3.36. The monoisotopic (exact) mass is 398 g/mol. The van der Waals surface area contributed by atoms with E-state index in [4.69, 9.17) is 14.5 Å². The summed E-state index contributed by atoms with van der Waals surface area (Å²) in [6.45, 7) is -0.134. The van der Waals surface area contributed by atoms with E-state index in [1.165, 1.54) is 37.7 Å². The number of phenols is 1. The van der Waals surface area contributed by atoms with Crippen LogP contribution in [0.15, 0.2) is 18.2 Å². The lowest BCUT2D eigenvalue weighted by atomic mass is 9.56. The van der Waals surface area contributed by atoms with Crippen LogP contribution in [0, 0.1) is 29.1 Å². The highest BCUT2D eigenvalue weighted by atomic mass is 17.3. The highest BCUT2D eigenvalue weighted by molar-refractivity contribution is 5.37. The van der Waals surface area contributed by atoms with Crippen LogP contribution in [0.4, 0.5) is 0 Å². The molecule has 1 saturated heterocycles. The van der Waals surface area contributed by atoms with Crippen molar-refractivity contribution in [1.29, 1.82) is 0 Å². The van der Waals surface area contributed by atoms with Gasteiger partial charge in [0.2, 0.25) is 11.6 Å². The molecule has 5 aliphatic carbocycles. The Bertz CT molecular complexity index is 833. The lowest BCUT2D eigenvalue weighted by molar-refractivity contribution is -0.374. The predicted octanol–water partition coefficient (Wildman–Crippen LogP) is 4.37. The molecule has 4 unspecified atom stereocenters. The lowest BCUT2D eigenvalue weighted by Crippen LogP contribution is -2.50. The Balaban J connectivity index is 1.10. The van der Waals surface area contributed by atoms with Gasteiger partial charge in [-0.3, -0.25) is 0 Å². The predicted molar refractivity (Wildman–Crippen MR) is 103 cm³/mol. The minimum atomic E-state index is -0.581. The Morgan fingerprint density at radius 3 is 2.31 bits per heavy atom. The first-order valence-electron chi connectivity index (χ1n) is 11.6. The molecule has 5 saturated carbocycles. The second-order valence-electron chi connectivity index (χ2n) is 10.9. The number of aromatic hydroxyl groups is 1. The van der Waals surface area contributed by atoms with Crippen LogP contribution in [0.3, 0.4) is 0 Å². The second kappa shape index (κ2) is 5.56. The number of aliphatic hydroxyl groups is 1. The Hall–Kier alpha value is -1.14. The normalized spacial score (nSPS) is 51.7. The van der Waals surface area contributed by atoms with Crippen molar-refractivity contribution in [3.63, 3.8) is 0 Å². The zero-order chi connectivity index (χ0) is 19.4. The van der Waals surface area contributed by atoms with Crippen molar-refractivity contribution in [3.8, 4) is 5.75 Å². The molecular weight excluding hydrogens is 368 g/mol. The Morgan fingerprint density at radius 1 is 0.931 bits per heavy atom. The standard InChI is InChI=1S/C24H30O5/c25-13-16-7-15(1-2-21(16)26)14-3-5-23(6-4-14)27-24(29-28-23)19-9-17-8-18-10-20(24)12-22(17,18)11-19/h1-2,7,14,17-20,25-26H,3-6,8-13H2. The van der Waals surface area contributed by atoms with E-state index in [2.05, 4.69) is 0 Å². The molecule has 1 aromatic rings. The van der Waals surface area contributed by atoms with Crippen molar-refractivity contribution >= 4 is 0 Å². The topological polar surface area (TPSA) is 68.2 Å². The molecule has 2 N–H and O–H groups in total. The molecule has 5 heteroatoms. The summed E-state index contributed by atoms with van der Waals surface area (Å²) in [7, 11) is 0. The summed E-state index contributed by atoms with van der Waals surface area (Å²) in [6.07, 6.45) is 10.2. The van der Waals surface area contributed by atoms with Gasteiger partial charge >= 0.3 is 0 Å². The fourth-order valence-electron chi connectivity index (χ4n) is 8.45. The Morgan fingerprint density at radius 2 is 1.62 bits per heavy atom. The average Bonchev–Trinajstić information content (AvgIpc) is 3.31. The highest BCUT2D eigenvalue weighted by Crippen LogP contribution is 2.79. The molecule has 0 amide bonds. The SMILES string of the molecule is OCc1cc(C2CCC3(CC2)OOC2(O3)C3CC4CC5CC2CC45C3)ccc1O. The summed E-state index contributed by atoms with van der Waals surface area (Å²) in [6, 6.07) is 5.62. The van der Waals surface area contributed by atoms with Gasteiger partial charge in [0.1, 0.15) is 5.75 Å². The summed E-state index contributed by atoms with van der Waals surface area (Å²) < 4.78 is 6.87. The van der Waals surface area contributed by atoms with Crippen molar-refractivity contribution in [2.24, 2.45) is 29.1 Å². The van der Waals surface area contributed by atoms with Crippen LogP contribution in [-0.2, 0) is 21.1 Å². The van der Waals surface area contributed by atoms with Gasteiger partial charge in [-0.15, -0.1) is 0 Å². The fourth-order valence-corrected chi connectivity index (χ4v) is 8.45. The zero-order valence-corrected chi connectivity index (χ0v) is 16.8. The number of benzene rings is 1. The van der Waals surface area contributed by atoms with Gasteiger partial charge in [-0.1, -0.05) is 6.07 Å². The molecule has 6 aliphatic rings. The van der Waals surface area contributed by atoms with Gasteiger partial charge in [0, 0.05) is 30.2 Å². The van der Waals surface area contributed by atoms with Crippen LogP contribution in [0.1, 0.15) is 74.8 Å². The lowest BCUT2D eigenvalue weighted by Gasteiger charge is -2.49. The smallest absolute Gasteiger partial charge is 0.210 e. The van der Waals surface area contributed by atoms with E-state index in [1.807, 2.05) is 12.1 Å². The average molecular weight is 398 g/mol. The second-order valence-corrected chi connectivity index (χ2v) is 10.9. The molecule has 156 valence electrons. The number of rotatable bonds is 2. The number of hydrogen-bond acceptors (Lipinski definition) is 5. The first-order valence-corrected chi connectivity index (χ1v) is 11.6. The summed E-state index contributed by atoms with van der Waals surface area (Å²) in [5.41, 5.74) is 2.43. The summed E-state index contributed by atoms with van der Waals surface area (Å²) in [5.74, 6) is 2.36. The quantitative estimate of drug-likeness (QED) is 0.724. The third-order valence-electron chi connectivity index (χ3n) is 9.89. The molecular formula is C24H30O5. The molecule has 7 rings (SSSR count). The number of ether oxygens (including phenoxy) is 1. The van der Waals surface area contributed by atoms with E-state index in [0.29, 0.717) is 28.7 Å².